The Morgan fingerprint density at radius 2 is 1.88 bits per heavy atom. The highest BCUT2D eigenvalue weighted by Gasteiger charge is 2.21. The fraction of sp³-hybridized carbons (Fsp3) is 0.316. The van der Waals surface area contributed by atoms with Gasteiger partial charge in [0.15, 0.2) is 0 Å². The molecule has 0 aromatic heterocycles. The van der Waals surface area contributed by atoms with E-state index in [0.717, 1.165) is 24.3 Å². The number of ether oxygens (including phenoxy) is 1. The first-order chi connectivity index (χ1) is 12.6. The average molecular weight is 358 g/mol. The van der Waals surface area contributed by atoms with Gasteiger partial charge in [0.05, 0.1) is 19.3 Å². The minimum Gasteiger partial charge on any atom is -0.505 e. The third kappa shape index (κ3) is 4.82. The molecule has 2 aromatic rings. The Balaban J connectivity index is 1.81. The predicted octanol–water partition coefficient (Wildman–Crippen LogP) is 4.01. The molecule has 26 heavy (non-hydrogen) atoms. The molecule has 1 unspecified atom stereocenters. The molecule has 0 N–H and O–H groups in total. The van der Waals surface area contributed by atoms with Gasteiger partial charge in [0.2, 0.25) is 0 Å². The molecule has 0 aliphatic carbocycles. The van der Waals surface area contributed by atoms with E-state index in [-0.39, 0.29) is 11.8 Å². The van der Waals surface area contributed by atoms with Crippen molar-refractivity contribution < 1.29 is 18.0 Å². The van der Waals surface area contributed by atoms with Crippen LogP contribution in [0.1, 0.15) is 24.1 Å². The van der Waals surface area contributed by atoms with E-state index in [4.69, 9.17) is 9.39 Å². The Kier molecular flexibility index (Phi) is 6.23. The molecular weight excluding hydrogens is 337 g/mol. The zero-order valence-electron chi connectivity index (χ0n) is 14.6. The molecular formula is C19H21BF2N2O2. The quantitative estimate of drug-likeness (QED) is 0.578. The van der Waals surface area contributed by atoms with Crippen LogP contribution >= 0.6 is 0 Å². The van der Waals surface area contributed by atoms with E-state index < -0.39 is 7.47 Å². The van der Waals surface area contributed by atoms with Crippen LogP contribution in [0.15, 0.2) is 53.5 Å². The van der Waals surface area contributed by atoms with E-state index in [1.807, 2.05) is 43.3 Å². The van der Waals surface area contributed by atoms with E-state index >= 15 is 0 Å². The van der Waals surface area contributed by atoms with Crippen molar-refractivity contribution >= 4 is 19.4 Å². The summed E-state index contributed by atoms with van der Waals surface area (Å²) in [6.07, 6.45) is 1.60. The molecule has 1 heterocycles. The van der Waals surface area contributed by atoms with Gasteiger partial charge in [-0.3, -0.25) is 4.99 Å². The maximum Gasteiger partial charge on any atom is 0.796 e. The van der Waals surface area contributed by atoms with Gasteiger partial charge < -0.3 is 14.3 Å². The second-order valence-corrected chi connectivity index (χ2v) is 6.06. The number of morpholine rings is 1. The van der Waals surface area contributed by atoms with E-state index in [0.29, 0.717) is 18.8 Å². The van der Waals surface area contributed by atoms with Gasteiger partial charge in [-0.15, -0.1) is 0 Å². The Morgan fingerprint density at radius 1 is 1.15 bits per heavy atom. The molecule has 4 nitrogen and oxygen atoms in total. The number of anilines is 1. The van der Waals surface area contributed by atoms with Crippen molar-refractivity contribution in [2.24, 2.45) is 4.99 Å². The third-order valence-corrected chi connectivity index (χ3v) is 4.31. The van der Waals surface area contributed by atoms with Gasteiger partial charge in [-0.05, 0) is 24.6 Å². The van der Waals surface area contributed by atoms with Crippen molar-refractivity contribution in [2.45, 2.75) is 13.0 Å². The number of rotatable bonds is 6. The molecule has 0 radical (unpaired) electrons. The van der Waals surface area contributed by atoms with Gasteiger partial charge in [-0.1, -0.05) is 30.3 Å². The largest absolute Gasteiger partial charge is 0.796 e. The van der Waals surface area contributed by atoms with E-state index in [1.54, 1.807) is 18.3 Å². The van der Waals surface area contributed by atoms with E-state index in [1.165, 1.54) is 0 Å². The number of halogens is 2. The predicted molar refractivity (Wildman–Crippen MR) is 101 cm³/mol. The summed E-state index contributed by atoms with van der Waals surface area (Å²) in [6.45, 7) is 4.67. The number of aliphatic imine (C=N–C) groups is 1. The molecule has 0 bridgehead atoms. The summed E-state index contributed by atoms with van der Waals surface area (Å²) < 4.78 is 35.7. The highest BCUT2D eigenvalue weighted by Crippen LogP contribution is 2.27. The van der Waals surface area contributed by atoms with Gasteiger partial charge >= 0.3 is 7.47 Å². The maximum absolute atomic E-state index is 12.8. The van der Waals surface area contributed by atoms with Crippen LogP contribution in [0.25, 0.3) is 0 Å². The first-order valence-electron chi connectivity index (χ1n) is 8.63. The van der Waals surface area contributed by atoms with Crippen LogP contribution < -0.4 is 9.55 Å². The molecule has 2 aromatic carbocycles. The topological polar surface area (TPSA) is 34.1 Å². The number of hydrogen-bond acceptors (Lipinski definition) is 4. The van der Waals surface area contributed by atoms with Crippen LogP contribution in [0.3, 0.4) is 0 Å². The van der Waals surface area contributed by atoms with E-state index in [2.05, 4.69) is 9.89 Å². The van der Waals surface area contributed by atoms with Gasteiger partial charge in [-0.25, -0.2) is 8.63 Å². The standard InChI is InChI=1S/C19H21BF2N2O2/c1-15(16-5-3-2-4-6-16)23-14-17-7-8-18(13-19(17)26-20(21)22)24-9-11-25-12-10-24/h2-8,13-15H,9-12H2,1H3. The lowest BCUT2D eigenvalue weighted by Crippen LogP contribution is -2.36. The van der Waals surface area contributed by atoms with Gasteiger partial charge in [0.1, 0.15) is 5.75 Å². The fourth-order valence-electron chi connectivity index (χ4n) is 2.86. The van der Waals surface area contributed by atoms with Crippen molar-refractivity contribution in [1.82, 2.24) is 0 Å². The molecule has 7 heteroatoms. The Hall–Kier alpha value is -2.41. The number of hydrogen-bond donors (Lipinski definition) is 0. The molecule has 1 fully saturated rings. The van der Waals surface area contributed by atoms with Gasteiger partial charge in [0, 0.05) is 36.6 Å². The third-order valence-electron chi connectivity index (χ3n) is 4.31. The number of nitrogens with zero attached hydrogens (tertiary/aromatic N) is 2. The lowest BCUT2D eigenvalue weighted by atomic mass is 10.1. The Bertz CT molecular complexity index is 738. The van der Waals surface area contributed by atoms with Gasteiger partial charge in [0.25, 0.3) is 0 Å². The van der Waals surface area contributed by atoms with Crippen LogP contribution in [0.5, 0.6) is 5.75 Å². The van der Waals surface area contributed by atoms with Crippen LogP contribution in [0.2, 0.25) is 0 Å². The fourth-order valence-corrected chi connectivity index (χ4v) is 2.86. The number of benzene rings is 2. The molecule has 3 rings (SSSR count). The zero-order valence-corrected chi connectivity index (χ0v) is 14.6. The summed E-state index contributed by atoms with van der Waals surface area (Å²) in [5, 5.41) is 0. The lowest BCUT2D eigenvalue weighted by Gasteiger charge is -2.29. The SMILES string of the molecule is CC(N=Cc1ccc(N2CCOCC2)cc1OB(F)F)c1ccccc1. The van der Waals surface area contributed by atoms with Crippen LogP contribution in [-0.2, 0) is 4.74 Å². The van der Waals surface area contributed by atoms with Crippen molar-refractivity contribution in [3.63, 3.8) is 0 Å². The lowest BCUT2D eigenvalue weighted by molar-refractivity contribution is 0.122. The monoisotopic (exact) mass is 358 g/mol. The van der Waals surface area contributed by atoms with Crippen molar-refractivity contribution in [1.29, 1.82) is 0 Å². The molecule has 136 valence electrons. The average Bonchev–Trinajstić information content (AvgIpc) is 2.67. The van der Waals surface area contributed by atoms with Crippen molar-refractivity contribution in [3.05, 3.63) is 59.7 Å². The second kappa shape index (κ2) is 8.80. The van der Waals surface area contributed by atoms with Crippen molar-refractivity contribution in [2.75, 3.05) is 31.2 Å². The minimum absolute atomic E-state index is 0.0745. The molecule has 0 spiro atoms. The smallest absolute Gasteiger partial charge is 0.505 e. The van der Waals surface area contributed by atoms with Crippen LogP contribution in [-0.4, -0.2) is 40.0 Å². The maximum atomic E-state index is 12.8. The summed E-state index contributed by atoms with van der Waals surface area (Å²) in [7, 11) is -2.88. The second-order valence-electron chi connectivity index (χ2n) is 6.06. The normalized spacial score (nSPS) is 15.9. The Labute approximate surface area is 152 Å². The first-order valence-corrected chi connectivity index (χ1v) is 8.63. The molecule has 1 atom stereocenters. The molecule has 1 saturated heterocycles. The molecule has 1 aliphatic heterocycles. The molecule has 0 amide bonds. The van der Waals surface area contributed by atoms with Crippen molar-refractivity contribution in [3.8, 4) is 5.75 Å². The van der Waals surface area contributed by atoms with Crippen LogP contribution in [0.4, 0.5) is 14.3 Å². The van der Waals surface area contributed by atoms with E-state index in [9.17, 15) is 8.63 Å². The summed E-state index contributed by atoms with van der Waals surface area (Å²) in [5.41, 5.74) is 2.44. The van der Waals surface area contributed by atoms with Gasteiger partial charge in [-0.2, -0.15) is 0 Å². The highest BCUT2D eigenvalue weighted by molar-refractivity contribution is 6.35. The summed E-state index contributed by atoms with van der Waals surface area (Å²) in [6, 6.07) is 15.1. The summed E-state index contributed by atoms with van der Waals surface area (Å²) in [4.78, 5) is 6.58. The summed E-state index contributed by atoms with van der Waals surface area (Å²) >= 11 is 0. The molecule has 0 saturated carbocycles. The van der Waals surface area contributed by atoms with Crippen LogP contribution in [0, 0.1) is 0 Å². The molecule has 1 aliphatic rings. The highest BCUT2D eigenvalue weighted by atomic mass is 19.2. The first kappa shape index (κ1) is 18.4. The summed E-state index contributed by atoms with van der Waals surface area (Å²) in [5.74, 6) is 0.132. The zero-order chi connectivity index (χ0) is 18.4. The Morgan fingerprint density at radius 3 is 2.58 bits per heavy atom. The minimum atomic E-state index is -2.88.